The summed E-state index contributed by atoms with van der Waals surface area (Å²) in [5.41, 5.74) is 1.27. The maximum atomic E-state index is 12.3. The minimum Gasteiger partial charge on any atom is -0.465 e. The fourth-order valence-corrected chi connectivity index (χ4v) is 1.74. The van der Waals surface area contributed by atoms with Gasteiger partial charge in [-0.25, -0.2) is 0 Å². The molecule has 1 aromatic heterocycles. The molecule has 0 amide bonds. The van der Waals surface area contributed by atoms with Crippen LogP contribution in [0.1, 0.15) is 36.8 Å². The lowest BCUT2D eigenvalue weighted by Gasteiger charge is -2.17. The largest absolute Gasteiger partial charge is 0.465 e. The molecule has 0 aliphatic heterocycles. The molecule has 18 heavy (non-hydrogen) atoms. The van der Waals surface area contributed by atoms with Crippen molar-refractivity contribution in [3.63, 3.8) is 0 Å². The molecule has 1 aromatic rings. The Labute approximate surface area is 107 Å². The van der Waals surface area contributed by atoms with E-state index in [2.05, 4.69) is 4.98 Å². The predicted molar refractivity (Wildman–Crippen MR) is 68.3 cm³/mol. The van der Waals surface area contributed by atoms with Crippen LogP contribution in [0.3, 0.4) is 0 Å². The molecule has 0 radical (unpaired) electrons. The standard InChI is InChI=1S/C14H19NO3/c1-5-18-14(17)12(9(2)3)13(16)11-8-10(4)6-7-15-11/h6-9,12H,5H2,1-4H3. The van der Waals surface area contributed by atoms with Gasteiger partial charge in [0.25, 0.3) is 0 Å². The summed E-state index contributed by atoms with van der Waals surface area (Å²) in [4.78, 5) is 28.1. The smallest absolute Gasteiger partial charge is 0.317 e. The van der Waals surface area contributed by atoms with E-state index in [1.165, 1.54) is 0 Å². The first-order valence-electron chi connectivity index (χ1n) is 6.10. The van der Waals surface area contributed by atoms with Crippen LogP contribution in [0.15, 0.2) is 18.3 Å². The monoisotopic (exact) mass is 249 g/mol. The number of esters is 1. The van der Waals surface area contributed by atoms with Crippen LogP contribution in [-0.2, 0) is 9.53 Å². The van der Waals surface area contributed by atoms with Crippen molar-refractivity contribution in [3.8, 4) is 0 Å². The molecule has 1 rings (SSSR count). The van der Waals surface area contributed by atoms with Crippen LogP contribution in [0.2, 0.25) is 0 Å². The van der Waals surface area contributed by atoms with Crippen molar-refractivity contribution < 1.29 is 14.3 Å². The average Bonchev–Trinajstić information content (AvgIpc) is 2.28. The zero-order valence-corrected chi connectivity index (χ0v) is 11.3. The number of nitrogens with zero attached hydrogens (tertiary/aromatic N) is 1. The third kappa shape index (κ3) is 3.39. The van der Waals surface area contributed by atoms with Gasteiger partial charge in [0.1, 0.15) is 11.6 Å². The molecule has 0 aliphatic carbocycles. The second kappa shape index (κ2) is 6.28. The Hall–Kier alpha value is -1.71. The molecule has 4 heteroatoms. The predicted octanol–water partition coefficient (Wildman–Crippen LogP) is 2.41. The molecular formula is C14H19NO3. The van der Waals surface area contributed by atoms with Gasteiger partial charge in [-0.05, 0) is 37.5 Å². The van der Waals surface area contributed by atoms with Gasteiger partial charge in [0.15, 0.2) is 5.78 Å². The Bertz CT molecular complexity index is 440. The molecule has 1 atom stereocenters. The van der Waals surface area contributed by atoms with Crippen molar-refractivity contribution in [2.45, 2.75) is 27.7 Å². The van der Waals surface area contributed by atoms with E-state index in [9.17, 15) is 9.59 Å². The highest BCUT2D eigenvalue weighted by Crippen LogP contribution is 2.18. The summed E-state index contributed by atoms with van der Waals surface area (Å²) in [5.74, 6) is -1.63. The van der Waals surface area contributed by atoms with E-state index in [1.807, 2.05) is 26.8 Å². The van der Waals surface area contributed by atoms with Crippen LogP contribution < -0.4 is 0 Å². The van der Waals surface area contributed by atoms with Gasteiger partial charge in [0.05, 0.1) is 6.61 Å². The van der Waals surface area contributed by atoms with Crippen molar-refractivity contribution in [3.05, 3.63) is 29.6 Å². The van der Waals surface area contributed by atoms with E-state index in [-0.39, 0.29) is 18.3 Å². The van der Waals surface area contributed by atoms with E-state index in [0.29, 0.717) is 5.69 Å². The zero-order chi connectivity index (χ0) is 13.7. The second-order valence-corrected chi connectivity index (χ2v) is 4.56. The Morgan fingerprint density at radius 1 is 1.39 bits per heavy atom. The summed E-state index contributed by atoms with van der Waals surface area (Å²) in [6.45, 7) is 7.54. The summed E-state index contributed by atoms with van der Waals surface area (Å²) in [7, 11) is 0. The Morgan fingerprint density at radius 3 is 2.56 bits per heavy atom. The van der Waals surface area contributed by atoms with E-state index in [4.69, 9.17) is 4.74 Å². The Kier molecular flexibility index (Phi) is 5.01. The molecule has 0 aliphatic rings. The SMILES string of the molecule is CCOC(=O)C(C(=O)c1cc(C)ccn1)C(C)C. The topological polar surface area (TPSA) is 56.3 Å². The zero-order valence-electron chi connectivity index (χ0n) is 11.3. The minimum absolute atomic E-state index is 0.112. The first-order valence-corrected chi connectivity index (χ1v) is 6.10. The first kappa shape index (κ1) is 14.4. The minimum atomic E-state index is -0.778. The van der Waals surface area contributed by atoms with Crippen LogP contribution >= 0.6 is 0 Å². The lowest BCUT2D eigenvalue weighted by Crippen LogP contribution is -2.31. The number of hydrogen-bond acceptors (Lipinski definition) is 4. The van der Waals surface area contributed by atoms with E-state index < -0.39 is 11.9 Å². The second-order valence-electron chi connectivity index (χ2n) is 4.56. The third-order valence-corrected chi connectivity index (χ3v) is 2.66. The normalized spacial score (nSPS) is 12.3. The highest BCUT2D eigenvalue weighted by Gasteiger charge is 2.32. The van der Waals surface area contributed by atoms with Gasteiger partial charge in [-0.15, -0.1) is 0 Å². The number of carbonyl (C=O) groups is 2. The Balaban J connectivity index is 3.00. The molecule has 0 saturated carbocycles. The lowest BCUT2D eigenvalue weighted by molar-refractivity contribution is -0.147. The number of ether oxygens (including phenoxy) is 1. The van der Waals surface area contributed by atoms with Crippen LogP contribution in [0.25, 0.3) is 0 Å². The molecule has 1 heterocycles. The van der Waals surface area contributed by atoms with Crippen molar-refractivity contribution in [1.29, 1.82) is 0 Å². The summed E-state index contributed by atoms with van der Waals surface area (Å²) in [6.07, 6.45) is 1.57. The number of Topliss-reactive ketones (excluding diaryl/α,β-unsaturated/α-hetero) is 1. The van der Waals surface area contributed by atoms with Gasteiger partial charge in [-0.2, -0.15) is 0 Å². The van der Waals surface area contributed by atoms with E-state index in [1.54, 1.807) is 19.2 Å². The fourth-order valence-electron chi connectivity index (χ4n) is 1.74. The highest BCUT2D eigenvalue weighted by atomic mass is 16.5. The molecule has 0 spiro atoms. The summed E-state index contributed by atoms with van der Waals surface area (Å²) in [6, 6.07) is 3.50. The molecular weight excluding hydrogens is 230 g/mol. The highest BCUT2D eigenvalue weighted by molar-refractivity contribution is 6.07. The average molecular weight is 249 g/mol. The van der Waals surface area contributed by atoms with Crippen molar-refractivity contribution >= 4 is 11.8 Å². The van der Waals surface area contributed by atoms with E-state index >= 15 is 0 Å². The fraction of sp³-hybridized carbons (Fsp3) is 0.500. The van der Waals surface area contributed by atoms with Gasteiger partial charge in [-0.1, -0.05) is 13.8 Å². The maximum absolute atomic E-state index is 12.3. The number of aryl methyl sites for hydroxylation is 1. The van der Waals surface area contributed by atoms with Crippen molar-refractivity contribution in [2.24, 2.45) is 11.8 Å². The van der Waals surface area contributed by atoms with Gasteiger partial charge >= 0.3 is 5.97 Å². The lowest BCUT2D eigenvalue weighted by atomic mass is 9.89. The first-order chi connectivity index (χ1) is 8.47. The molecule has 0 bridgehead atoms. The third-order valence-electron chi connectivity index (χ3n) is 2.66. The molecule has 0 aromatic carbocycles. The summed E-state index contributed by atoms with van der Waals surface area (Å²) < 4.78 is 4.95. The van der Waals surface area contributed by atoms with Gasteiger partial charge in [0, 0.05) is 6.20 Å². The molecule has 98 valence electrons. The summed E-state index contributed by atoms with van der Waals surface area (Å²) in [5, 5.41) is 0. The van der Waals surface area contributed by atoms with Gasteiger partial charge < -0.3 is 4.74 Å². The van der Waals surface area contributed by atoms with Crippen LogP contribution in [0, 0.1) is 18.8 Å². The Morgan fingerprint density at radius 2 is 2.06 bits per heavy atom. The number of pyridine rings is 1. The van der Waals surface area contributed by atoms with Crippen LogP contribution in [-0.4, -0.2) is 23.3 Å². The van der Waals surface area contributed by atoms with E-state index in [0.717, 1.165) is 5.56 Å². The number of rotatable bonds is 5. The van der Waals surface area contributed by atoms with Crippen LogP contribution in [0.4, 0.5) is 0 Å². The van der Waals surface area contributed by atoms with Crippen LogP contribution in [0.5, 0.6) is 0 Å². The quantitative estimate of drug-likeness (QED) is 0.457. The molecule has 1 unspecified atom stereocenters. The van der Waals surface area contributed by atoms with Gasteiger partial charge in [0.2, 0.25) is 0 Å². The number of carbonyl (C=O) groups excluding carboxylic acids is 2. The summed E-state index contributed by atoms with van der Waals surface area (Å²) >= 11 is 0. The van der Waals surface area contributed by atoms with Gasteiger partial charge in [-0.3, -0.25) is 14.6 Å². The van der Waals surface area contributed by atoms with Crippen molar-refractivity contribution in [1.82, 2.24) is 4.98 Å². The van der Waals surface area contributed by atoms with Crippen molar-refractivity contribution in [2.75, 3.05) is 6.61 Å². The maximum Gasteiger partial charge on any atom is 0.317 e. The number of aromatic nitrogens is 1. The molecule has 0 N–H and O–H groups in total. The molecule has 0 saturated heterocycles. The number of hydrogen-bond donors (Lipinski definition) is 0. The number of ketones is 1. The molecule has 4 nitrogen and oxygen atoms in total. The molecule has 0 fully saturated rings.